The van der Waals surface area contributed by atoms with Crippen molar-refractivity contribution in [2.45, 2.75) is 48.9 Å². The van der Waals surface area contributed by atoms with Crippen LogP contribution in [0.1, 0.15) is 33.1 Å². The van der Waals surface area contributed by atoms with E-state index in [0.29, 0.717) is 9.65 Å². The van der Waals surface area contributed by atoms with Crippen molar-refractivity contribution < 1.29 is 9.53 Å². The highest BCUT2D eigenvalue weighted by Crippen LogP contribution is 2.34. The van der Waals surface area contributed by atoms with Crippen molar-refractivity contribution in [1.29, 1.82) is 0 Å². The molecule has 0 bridgehead atoms. The molecular weight excluding hydrogens is 312 g/mol. The third-order valence-corrected chi connectivity index (χ3v) is 5.20. The highest BCUT2D eigenvalue weighted by Gasteiger charge is 2.32. The van der Waals surface area contributed by atoms with E-state index in [0.717, 1.165) is 19.3 Å². The van der Waals surface area contributed by atoms with Crippen LogP contribution in [0.3, 0.4) is 0 Å². The van der Waals surface area contributed by atoms with Gasteiger partial charge in [-0.3, -0.25) is 4.79 Å². The molecule has 0 aromatic carbocycles. The maximum Gasteiger partial charge on any atom is 0.309 e. The van der Waals surface area contributed by atoms with Gasteiger partial charge in [-0.1, -0.05) is 31.9 Å². The molecule has 3 atom stereocenters. The molecule has 0 saturated heterocycles. The van der Waals surface area contributed by atoms with Crippen molar-refractivity contribution >= 4 is 37.8 Å². The predicted molar refractivity (Wildman–Crippen MR) is 64.0 cm³/mol. The topological polar surface area (TPSA) is 26.3 Å². The Morgan fingerprint density at radius 1 is 1.29 bits per heavy atom. The third-order valence-electron chi connectivity index (χ3n) is 2.38. The van der Waals surface area contributed by atoms with E-state index in [2.05, 4.69) is 31.9 Å². The van der Waals surface area contributed by atoms with Crippen LogP contribution < -0.4 is 0 Å². The summed E-state index contributed by atoms with van der Waals surface area (Å²) in [4.78, 5) is 12.5. The fraction of sp³-hybridized carbons (Fsp3) is 0.900. The van der Waals surface area contributed by atoms with Crippen LogP contribution >= 0.6 is 31.9 Å². The van der Waals surface area contributed by atoms with Crippen molar-refractivity contribution in [3.05, 3.63) is 0 Å². The Kier molecular flexibility index (Phi) is 4.91. The molecule has 82 valence electrons. The van der Waals surface area contributed by atoms with Crippen LogP contribution in [0.15, 0.2) is 0 Å². The maximum atomic E-state index is 11.6. The number of hydrogen-bond acceptors (Lipinski definition) is 2. The normalized spacial score (nSPS) is 33.1. The molecule has 4 heteroatoms. The Balaban J connectivity index is 2.42. The van der Waals surface area contributed by atoms with Crippen molar-refractivity contribution in [3.8, 4) is 0 Å². The summed E-state index contributed by atoms with van der Waals surface area (Å²) in [6, 6.07) is 0. The fourth-order valence-electron chi connectivity index (χ4n) is 1.62. The SMILES string of the molecule is CC(C)OC(=O)C1CCC(Br)C(Br)C1. The van der Waals surface area contributed by atoms with Gasteiger partial charge in [0.2, 0.25) is 0 Å². The Labute approximate surface area is 102 Å². The molecule has 0 heterocycles. The van der Waals surface area contributed by atoms with Crippen LogP contribution in [-0.4, -0.2) is 21.7 Å². The second-order valence-electron chi connectivity index (χ2n) is 4.03. The van der Waals surface area contributed by atoms with Crippen LogP contribution in [0.5, 0.6) is 0 Å². The number of carbonyl (C=O) groups is 1. The molecule has 0 aliphatic heterocycles. The first kappa shape index (κ1) is 12.5. The summed E-state index contributed by atoms with van der Waals surface area (Å²) in [6.45, 7) is 3.78. The molecule has 14 heavy (non-hydrogen) atoms. The number of ether oxygens (including phenoxy) is 1. The van der Waals surface area contributed by atoms with E-state index in [1.807, 2.05) is 13.8 Å². The summed E-state index contributed by atoms with van der Waals surface area (Å²) in [5.41, 5.74) is 0. The minimum atomic E-state index is -0.0381. The molecule has 0 amide bonds. The molecule has 2 nitrogen and oxygen atoms in total. The molecule has 3 unspecified atom stereocenters. The average molecular weight is 328 g/mol. The first-order valence-corrected chi connectivity index (χ1v) is 6.82. The summed E-state index contributed by atoms with van der Waals surface area (Å²) in [5, 5.41) is 0. The number of alkyl halides is 2. The number of rotatable bonds is 2. The second-order valence-corrected chi connectivity index (χ2v) is 6.38. The number of halogens is 2. The Bertz CT molecular complexity index is 206. The average Bonchev–Trinajstić information content (AvgIpc) is 2.08. The van der Waals surface area contributed by atoms with Crippen LogP contribution in [0, 0.1) is 5.92 Å². The Hall–Kier alpha value is 0.430. The number of hydrogen-bond donors (Lipinski definition) is 0. The molecule has 0 aromatic rings. The van der Waals surface area contributed by atoms with Gasteiger partial charge in [0.05, 0.1) is 12.0 Å². The molecule has 1 rings (SSSR count). The quantitative estimate of drug-likeness (QED) is 0.575. The first-order chi connectivity index (χ1) is 6.50. The maximum absolute atomic E-state index is 11.6. The van der Waals surface area contributed by atoms with Crippen LogP contribution in [0.4, 0.5) is 0 Å². The molecule has 1 aliphatic rings. The third kappa shape index (κ3) is 3.54. The lowest BCUT2D eigenvalue weighted by molar-refractivity contribution is -0.153. The van der Waals surface area contributed by atoms with Gasteiger partial charge in [0.15, 0.2) is 0 Å². The smallest absolute Gasteiger partial charge is 0.309 e. The standard InChI is InChI=1S/C10H16Br2O2/c1-6(2)14-10(13)7-3-4-8(11)9(12)5-7/h6-9H,3-5H2,1-2H3. The van der Waals surface area contributed by atoms with E-state index in [4.69, 9.17) is 4.74 Å². The molecule has 1 aliphatic carbocycles. The van der Waals surface area contributed by atoms with Gasteiger partial charge in [0.1, 0.15) is 0 Å². The fourth-order valence-corrected chi connectivity index (χ4v) is 2.82. The van der Waals surface area contributed by atoms with Crippen LogP contribution in [-0.2, 0) is 9.53 Å². The van der Waals surface area contributed by atoms with E-state index < -0.39 is 0 Å². The zero-order valence-electron chi connectivity index (χ0n) is 8.50. The van der Waals surface area contributed by atoms with E-state index in [1.54, 1.807) is 0 Å². The van der Waals surface area contributed by atoms with Gasteiger partial charge in [0.25, 0.3) is 0 Å². The number of esters is 1. The monoisotopic (exact) mass is 326 g/mol. The molecule has 0 N–H and O–H groups in total. The zero-order chi connectivity index (χ0) is 10.7. The Morgan fingerprint density at radius 3 is 2.43 bits per heavy atom. The van der Waals surface area contributed by atoms with Gasteiger partial charge in [-0.15, -0.1) is 0 Å². The van der Waals surface area contributed by atoms with Gasteiger partial charge >= 0.3 is 5.97 Å². The minimum Gasteiger partial charge on any atom is -0.463 e. The molecular formula is C10H16Br2O2. The van der Waals surface area contributed by atoms with E-state index in [-0.39, 0.29) is 18.0 Å². The molecule has 1 saturated carbocycles. The lowest BCUT2D eigenvalue weighted by Gasteiger charge is -2.28. The van der Waals surface area contributed by atoms with Crippen LogP contribution in [0.25, 0.3) is 0 Å². The first-order valence-electron chi connectivity index (χ1n) is 4.99. The lowest BCUT2D eigenvalue weighted by atomic mass is 9.89. The highest BCUT2D eigenvalue weighted by atomic mass is 79.9. The summed E-state index contributed by atoms with van der Waals surface area (Å²) in [5.74, 6) is 0.0411. The molecule has 1 fully saturated rings. The number of carbonyl (C=O) groups excluding carboxylic acids is 1. The zero-order valence-corrected chi connectivity index (χ0v) is 11.7. The predicted octanol–water partition coefficient (Wildman–Crippen LogP) is 3.27. The van der Waals surface area contributed by atoms with Gasteiger partial charge < -0.3 is 4.74 Å². The van der Waals surface area contributed by atoms with Crippen molar-refractivity contribution in [3.63, 3.8) is 0 Å². The van der Waals surface area contributed by atoms with Crippen molar-refractivity contribution in [2.24, 2.45) is 5.92 Å². The summed E-state index contributed by atoms with van der Waals surface area (Å²) >= 11 is 7.16. The lowest BCUT2D eigenvalue weighted by Crippen LogP contribution is -2.31. The van der Waals surface area contributed by atoms with Gasteiger partial charge in [-0.2, -0.15) is 0 Å². The van der Waals surface area contributed by atoms with Gasteiger partial charge in [-0.25, -0.2) is 0 Å². The van der Waals surface area contributed by atoms with E-state index in [9.17, 15) is 4.79 Å². The van der Waals surface area contributed by atoms with Crippen molar-refractivity contribution in [2.75, 3.05) is 0 Å². The van der Waals surface area contributed by atoms with Gasteiger partial charge in [0, 0.05) is 9.65 Å². The Morgan fingerprint density at radius 2 is 1.93 bits per heavy atom. The summed E-state index contributed by atoms with van der Waals surface area (Å²) < 4.78 is 5.20. The molecule has 0 radical (unpaired) electrons. The molecule has 0 spiro atoms. The summed E-state index contributed by atoms with van der Waals surface area (Å²) in [6.07, 6.45) is 2.84. The summed E-state index contributed by atoms with van der Waals surface area (Å²) in [7, 11) is 0. The highest BCUT2D eigenvalue weighted by molar-refractivity contribution is 9.12. The molecule has 0 aromatic heterocycles. The van der Waals surface area contributed by atoms with E-state index >= 15 is 0 Å². The minimum absolute atomic E-state index is 0.00188. The largest absolute Gasteiger partial charge is 0.463 e. The van der Waals surface area contributed by atoms with Gasteiger partial charge in [-0.05, 0) is 33.1 Å². The second kappa shape index (κ2) is 5.50. The van der Waals surface area contributed by atoms with Crippen LogP contribution in [0.2, 0.25) is 0 Å². The van der Waals surface area contributed by atoms with Crippen molar-refractivity contribution in [1.82, 2.24) is 0 Å². The van der Waals surface area contributed by atoms with E-state index in [1.165, 1.54) is 0 Å².